The summed E-state index contributed by atoms with van der Waals surface area (Å²) in [6, 6.07) is 11.5. The Balaban J connectivity index is 2.07. The molecule has 2 aromatic rings. The van der Waals surface area contributed by atoms with E-state index >= 15 is 0 Å². The van der Waals surface area contributed by atoms with E-state index in [0.29, 0.717) is 19.2 Å². The molecular formula is C17H15F3N2O. The van der Waals surface area contributed by atoms with Crippen LogP contribution in [0.1, 0.15) is 12.5 Å². The van der Waals surface area contributed by atoms with E-state index in [9.17, 15) is 13.2 Å². The van der Waals surface area contributed by atoms with E-state index in [1.54, 1.807) is 0 Å². The molecule has 0 radical (unpaired) electrons. The molecule has 0 aromatic heterocycles. The van der Waals surface area contributed by atoms with Crippen molar-refractivity contribution in [2.75, 3.05) is 24.6 Å². The van der Waals surface area contributed by atoms with E-state index in [2.05, 4.69) is 0 Å². The second-order valence-corrected chi connectivity index (χ2v) is 4.74. The van der Waals surface area contributed by atoms with Crippen LogP contribution in [0.25, 0.3) is 0 Å². The Kier molecular flexibility index (Phi) is 5.47. The normalized spacial score (nSPS) is 10.2. The van der Waals surface area contributed by atoms with Crippen molar-refractivity contribution in [3.63, 3.8) is 0 Å². The van der Waals surface area contributed by atoms with Gasteiger partial charge in [-0.15, -0.1) is 0 Å². The highest BCUT2D eigenvalue weighted by Crippen LogP contribution is 2.26. The lowest BCUT2D eigenvalue weighted by molar-refractivity contribution is 0.284. The van der Waals surface area contributed by atoms with E-state index in [0.717, 1.165) is 5.69 Å². The van der Waals surface area contributed by atoms with Crippen LogP contribution in [0.3, 0.4) is 0 Å². The van der Waals surface area contributed by atoms with Gasteiger partial charge in [-0.3, -0.25) is 0 Å². The maximum atomic E-state index is 13.7. The van der Waals surface area contributed by atoms with Crippen LogP contribution in [0, 0.1) is 28.8 Å². The van der Waals surface area contributed by atoms with Gasteiger partial charge in [0.05, 0.1) is 12.1 Å². The van der Waals surface area contributed by atoms with Crippen LogP contribution < -0.4 is 9.64 Å². The average molecular weight is 320 g/mol. The van der Waals surface area contributed by atoms with Crippen LogP contribution >= 0.6 is 0 Å². The number of para-hydroxylation sites is 1. The zero-order chi connectivity index (χ0) is 16.8. The van der Waals surface area contributed by atoms with Crippen molar-refractivity contribution >= 4 is 5.69 Å². The Morgan fingerprint density at radius 3 is 2.43 bits per heavy atom. The largest absolute Gasteiger partial charge is 0.486 e. The van der Waals surface area contributed by atoms with Crippen LogP contribution in [0.4, 0.5) is 18.9 Å². The molecule has 120 valence electrons. The molecule has 0 spiro atoms. The van der Waals surface area contributed by atoms with Crippen molar-refractivity contribution in [1.29, 1.82) is 5.26 Å². The van der Waals surface area contributed by atoms with Gasteiger partial charge < -0.3 is 9.64 Å². The summed E-state index contributed by atoms with van der Waals surface area (Å²) in [7, 11) is 0. The molecule has 0 amide bonds. The third-order valence-electron chi connectivity index (χ3n) is 3.35. The molecule has 0 bridgehead atoms. The molecule has 23 heavy (non-hydrogen) atoms. The quantitative estimate of drug-likeness (QED) is 0.758. The van der Waals surface area contributed by atoms with E-state index in [-0.39, 0.29) is 6.61 Å². The second kappa shape index (κ2) is 7.54. The average Bonchev–Trinajstić information content (AvgIpc) is 2.58. The van der Waals surface area contributed by atoms with Crippen LogP contribution in [0.5, 0.6) is 5.75 Å². The van der Waals surface area contributed by atoms with Gasteiger partial charge in [0.15, 0.2) is 17.4 Å². The predicted octanol–water partition coefficient (Wildman–Crippen LogP) is 3.88. The van der Waals surface area contributed by atoms with E-state index in [1.165, 1.54) is 6.07 Å². The maximum absolute atomic E-state index is 13.7. The fourth-order valence-corrected chi connectivity index (χ4v) is 2.16. The Hall–Kier alpha value is -2.68. The first-order chi connectivity index (χ1) is 11.1. The van der Waals surface area contributed by atoms with Crippen LogP contribution in [0.2, 0.25) is 0 Å². The van der Waals surface area contributed by atoms with E-state index in [1.807, 2.05) is 42.2 Å². The van der Waals surface area contributed by atoms with Gasteiger partial charge in [0.2, 0.25) is 5.82 Å². The molecule has 0 saturated carbocycles. The number of benzene rings is 2. The molecule has 6 heteroatoms. The molecule has 2 rings (SSSR count). The summed E-state index contributed by atoms with van der Waals surface area (Å²) in [5, 5.41) is 8.59. The van der Waals surface area contributed by atoms with Gasteiger partial charge >= 0.3 is 0 Å². The van der Waals surface area contributed by atoms with E-state index < -0.39 is 28.8 Å². The number of hydrogen-bond donors (Lipinski definition) is 0. The minimum Gasteiger partial charge on any atom is -0.486 e. The third kappa shape index (κ3) is 3.75. The smallest absolute Gasteiger partial charge is 0.205 e. The highest BCUT2D eigenvalue weighted by atomic mass is 19.2. The van der Waals surface area contributed by atoms with Crippen molar-refractivity contribution in [2.24, 2.45) is 0 Å². The minimum absolute atomic E-state index is 0.0259. The summed E-state index contributed by atoms with van der Waals surface area (Å²) in [5.41, 5.74) is 0.261. The molecule has 0 unspecified atom stereocenters. The topological polar surface area (TPSA) is 36.3 Å². The molecule has 0 atom stereocenters. The zero-order valence-corrected chi connectivity index (χ0v) is 12.5. The summed E-state index contributed by atoms with van der Waals surface area (Å²) in [6.45, 7) is 2.97. The zero-order valence-electron chi connectivity index (χ0n) is 12.5. The van der Waals surface area contributed by atoms with Crippen LogP contribution in [-0.2, 0) is 0 Å². The molecule has 2 aromatic carbocycles. The number of anilines is 1. The number of hydrogen-bond acceptors (Lipinski definition) is 3. The monoisotopic (exact) mass is 320 g/mol. The fourth-order valence-electron chi connectivity index (χ4n) is 2.16. The fraction of sp³-hybridized carbons (Fsp3) is 0.235. The molecular weight excluding hydrogens is 305 g/mol. The molecule has 0 aliphatic heterocycles. The first-order valence-corrected chi connectivity index (χ1v) is 7.08. The molecule has 0 saturated heterocycles. The number of nitrogens with zero attached hydrogens (tertiary/aromatic N) is 2. The van der Waals surface area contributed by atoms with Crippen molar-refractivity contribution in [1.82, 2.24) is 0 Å². The Morgan fingerprint density at radius 2 is 1.83 bits per heavy atom. The molecule has 0 heterocycles. The number of halogens is 3. The van der Waals surface area contributed by atoms with Gasteiger partial charge in [0, 0.05) is 12.2 Å². The van der Waals surface area contributed by atoms with Gasteiger partial charge in [-0.1, -0.05) is 18.2 Å². The molecule has 0 aliphatic carbocycles. The highest BCUT2D eigenvalue weighted by Gasteiger charge is 2.20. The lowest BCUT2D eigenvalue weighted by Gasteiger charge is -2.23. The van der Waals surface area contributed by atoms with Gasteiger partial charge in [-0.25, -0.2) is 8.78 Å². The Labute approximate surface area is 132 Å². The first-order valence-electron chi connectivity index (χ1n) is 7.08. The van der Waals surface area contributed by atoms with Crippen molar-refractivity contribution in [2.45, 2.75) is 6.92 Å². The molecule has 0 fully saturated rings. The van der Waals surface area contributed by atoms with Gasteiger partial charge in [-0.05, 0) is 25.1 Å². The molecule has 0 N–H and O–H groups in total. The SMILES string of the molecule is CCN(CCOc1c(F)cc(C#N)c(F)c1F)c1ccccc1. The van der Waals surface area contributed by atoms with Crippen molar-refractivity contribution in [3.8, 4) is 11.8 Å². The lowest BCUT2D eigenvalue weighted by Crippen LogP contribution is -2.28. The second-order valence-electron chi connectivity index (χ2n) is 4.74. The summed E-state index contributed by atoms with van der Waals surface area (Å²) >= 11 is 0. The van der Waals surface area contributed by atoms with Gasteiger partial charge in [0.1, 0.15) is 12.7 Å². The van der Waals surface area contributed by atoms with E-state index in [4.69, 9.17) is 10.00 Å². The minimum atomic E-state index is -1.48. The van der Waals surface area contributed by atoms with Crippen LogP contribution in [-0.4, -0.2) is 19.7 Å². The summed E-state index contributed by atoms with van der Waals surface area (Å²) in [6.07, 6.45) is 0. The lowest BCUT2D eigenvalue weighted by atomic mass is 10.2. The number of likely N-dealkylation sites (N-methyl/N-ethyl adjacent to an activating group) is 1. The number of nitriles is 1. The molecule has 0 aliphatic rings. The third-order valence-corrected chi connectivity index (χ3v) is 3.35. The maximum Gasteiger partial charge on any atom is 0.205 e. The Morgan fingerprint density at radius 1 is 1.13 bits per heavy atom. The summed E-state index contributed by atoms with van der Waals surface area (Å²) < 4.78 is 46.0. The standard InChI is InChI=1S/C17H15F3N2O/c1-2-22(13-6-4-3-5-7-13)8-9-23-17-14(18)10-12(11-21)15(19)16(17)20/h3-7,10H,2,8-9H2,1H3. The summed E-state index contributed by atoms with van der Waals surface area (Å²) in [4.78, 5) is 1.95. The van der Waals surface area contributed by atoms with Crippen LogP contribution in [0.15, 0.2) is 36.4 Å². The van der Waals surface area contributed by atoms with Gasteiger partial charge in [-0.2, -0.15) is 9.65 Å². The van der Waals surface area contributed by atoms with Crippen molar-refractivity contribution < 1.29 is 17.9 Å². The Bertz CT molecular complexity index is 714. The highest BCUT2D eigenvalue weighted by molar-refractivity contribution is 5.45. The van der Waals surface area contributed by atoms with Crippen molar-refractivity contribution in [3.05, 3.63) is 59.4 Å². The number of ether oxygens (including phenoxy) is 1. The predicted molar refractivity (Wildman–Crippen MR) is 80.9 cm³/mol. The summed E-state index contributed by atoms with van der Waals surface area (Å²) in [5.74, 6) is -4.78. The number of rotatable bonds is 6. The van der Waals surface area contributed by atoms with Gasteiger partial charge in [0.25, 0.3) is 0 Å². The molecule has 3 nitrogen and oxygen atoms in total. The first kappa shape index (κ1) is 16.7.